The highest BCUT2D eigenvalue weighted by atomic mass is 16.5. The average Bonchev–Trinajstić information content (AvgIpc) is 2.05. The SMILES string of the molecule is C=CC[C@@](C)(CC)NC(=O)OC. The minimum Gasteiger partial charge on any atom is -0.453 e. The number of carbonyl (C=O) groups excluding carboxylic acids is 1. The Hall–Kier alpha value is -0.990. The van der Waals surface area contributed by atoms with Gasteiger partial charge in [-0.2, -0.15) is 0 Å². The normalized spacial score (nSPS) is 14.6. The fraction of sp³-hybridized carbons (Fsp3) is 0.667. The summed E-state index contributed by atoms with van der Waals surface area (Å²) in [4.78, 5) is 10.9. The predicted octanol–water partition coefficient (Wildman–Crippen LogP) is 2.09. The van der Waals surface area contributed by atoms with Crippen LogP contribution in [0.3, 0.4) is 0 Å². The highest BCUT2D eigenvalue weighted by Crippen LogP contribution is 2.14. The minimum atomic E-state index is -0.388. The summed E-state index contributed by atoms with van der Waals surface area (Å²) in [5, 5.41) is 2.76. The van der Waals surface area contributed by atoms with E-state index in [4.69, 9.17) is 0 Å². The van der Waals surface area contributed by atoms with E-state index in [0.717, 1.165) is 12.8 Å². The first kappa shape index (κ1) is 11.0. The van der Waals surface area contributed by atoms with E-state index < -0.39 is 0 Å². The third kappa shape index (κ3) is 3.42. The van der Waals surface area contributed by atoms with Crippen LogP contribution >= 0.6 is 0 Å². The van der Waals surface area contributed by atoms with Crippen molar-refractivity contribution in [1.29, 1.82) is 0 Å². The molecule has 0 aliphatic rings. The van der Waals surface area contributed by atoms with Crippen LogP contribution in [0.2, 0.25) is 0 Å². The van der Waals surface area contributed by atoms with Gasteiger partial charge in [0, 0.05) is 5.54 Å². The molecule has 3 heteroatoms. The number of nitrogens with one attached hydrogen (secondary N) is 1. The van der Waals surface area contributed by atoms with Gasteiger partial charge in [0.25, 0.3) is 0 Å². The van der Waals surface area contributed by atoms with Crippen LogP contribution in [-0.2, 0) is 4.74 Å². The minimum absolute atomic E-state index is 0.227. The van der Waals surface area contributed by atoms with Gasteiger partial charge in [-0.05, 0) is 19.8 Å². The van der Waals surface area contributed by atoms with Gasteiger partial charge >= 0.3 is 6.09 Å². The van der Waals surface area contributed by atoms with Gasteiger partial charge < -0.3 is 10.1 Å². The van der Waals surface area contributed by atoms with Crippen LogP contribution in [0.15, 0.2) is 12.7 Å². The molecule has 0 saturated heterocycles. The van der Waals surface area contributed by atoms with Gasteiger partial charge in [0.1, 0.15) is 0 Å². The van der Waals surface area contributed by atoms with Gasteiger partial charge in [0.15, 0.2) is 0 Å². The van der Waals surface area contributed by atoms with Crippen molar-refractivity contribution in [2.24, 2.45) is 0 Å². The molecule has 1 amide bonds. The van der Waals surface area contributed by atoms with E-state index in [9.17, 15) is 4.79 Å². The van der Waals surface area contributed by atoms with Crippen LogP contribution in [0.5, 0.6) is 0 Å². The molecule has 0 heterocycles. The molecule has 0 spiro atoms. The number of hydrogen-bond donors (Lipinski definition) is 1. The number of alkyl carbamates (subject to hydrolysis) is 1. The summed E-state index contributed by atoms with van der Waals surface area (Å²) in [6, 6.07) is 0. The van der Waals surface area contributed by atoms with E-state index in [2.05, 4.69) is 16.6 Å². The fourth-order valence-corrected chi connectivity index (χ4v) is 0.900. The lowest BCUT2D eigenvalue weighted by Crippen LogP contribution is -2.45. The fourth-order valence-electron chi connectivity index (χ4n) is 0.900. The number of carbonyl (C=O) groups is 1. The third-order valence-electron chi connectivity index (χ3n) is 1.96. The van der Waals surface area contributed by atoms with Crippen LogP contribution in [0.4, 0.5) is 4.79 Å². The summed E-state index contributed by atoms with van der Waals surface area (Å²) in [7, 11) is 1.36. The lowest BCUT2D eigenvalue weighted by Gasteiger charge is -2.27. The number of hydrogen-bond acceptors (Lipinski definition) is 2. The summed E-state index contributed by atoms with van der Waals surface area (Å²) in [6.45, 7) is 7.61. The van der Waals surface area contributed by atoms with Crippen LogP contribution < -0.4 is 5.32 Å². The van der Waals surface area contributed by atoms with Crippen molar-refractivity contribution in [3.63, 3.8) is 0 Å². The van der Waals surface area contributed by atoms with Crippen molar-refractivity contribution in [2.45, 2.75) is 32.2 Å². The molecule has 0 bridgehead atoms. The number of amides is 1. The van der Waals surface area contributed by atoms with Gasteiger partial charge in [-0.25, -0.2) is 4.79 Å². The van der Waals surface area contributed by atoms with Crippen LogP contribution in [-0.4, -0.2) is 18.7 Å². The van der Waals surface area contributed by atoms with Crippen molar-refractivity contribution in [3.8, 4) is 0 Å². The molecule has 1 N–H and O–H groups in total. The Morgan fingerprint density at radius 2 is 2.33 bits per heavy atom. The maximum absolute atomic E-state index is 10.9. The second kappa shape index (κ2) is 4.80. The number of rotatable bonds is 4. The van der Waals surface area contributed by atoms with Crippen molar-refractivity contribution in [3.05, 3.63) is 12.7 Å². The molecule has 12 heavy (non-hydrogen) atoms. The molecule has 0 fully saturated rings. The van der Waals surface area contributed by atoms with Crippen LogP contribution in [0.25, 0.3) is 0 Å². The Kier molecular flexibility index (Phi) is 4.40. The second-order valence-corrected chi connectivity index (χ2v) is 3.02. The lowest BCUT2D eigenvalue weighted by atomic mass is 9.95. The zero-order chi connectivity index (χ0) is 9.61. The van der Waals surface area contributed by atoms with Crippen molar-refractivity contribution < 1.29 is 9.53 Å². The maximum Gasteiger partial charge on any atom is 0.407 e. The maximum atomic E-state index is 10.9. The molecule has 0 aliphatic carbocycles. The smallest absolute Gasteiger partial charge is 0.407 e. The predicted molar refractivity (Wildman–Crippen MR) is 49.1 cm³/mol. The molecule has 70 valence electrons. The number of methoxy groups -OCH3 is 1. The first-order valence-electron chi connectivity index (χ1n) is 4.05. The molecule has 0 radical (unpaired) electrons. The van der Waals surface area contributed by atoms with Crippen LogP contribution in [0.1, 0.15) is 26.7 Å². The van der Waals surface area contributed by atoms with Crippen molar-refractivity contribution >= 4 is 6.09 Å². The Morgan fingerprint density at radius 3 is 2.67 bits per heavy atom. The van der Waals surface area contributed by atoms with Crippen molar-refractivity contribution in [1.82, 2.24) is 5.32 Å². The molecule has 0 aromatic rings. The van der Waals surface area contributed by atoms with Gasteiger partial charge in [-0.15, -0.1) is 6.58 Å². The molecule has 0 unspecified atom stereocenters. The lowest BCUT2D eigenvalue weighted by molar-refractivity contribution is 0.156. The van der Waals surface area contributed by atoms with E-state index in [0.29, 0.717) is 0 Å². The zero-order valence-corrected chi connectivity index (χ0v) is 8.02. The Balaban J connectivity index is 4.12. The standard InChI is InChI=1S/C9H17NO2/c1-5-7-9(3,6-2)10-8(11)12-4/h5H,1,6-7H2,2-4H3,(H,10,11)/t9-/m1/s1. The second-order valence-electron chi connectivity index (χ2n) is 3.02. The Labute approximate surface area is 73.8 Å². The quantitative estimate of drug-likeness (QED) is 0.658. The summed E-state index contributed by atoms with van der Waals surface area (Å²) < 4.78 is 4.51. The summed E-state index contributed by atoms with van der Waals surface area (Å²) in [5.74, 6) is 0. The van der Waals surface area contributed by atoms with E-state index >= 15 is 0 Å². The third-order valence-corrected chi connectivity index (χ3v) is 1.96. The van der Waals surface area contributed by atoms with Gasteiger partial charge in [-0.3, -0.25) is 0 Å². The highest BCUT2D eigenvalue weighted by Gasteiger charge is 2.22. The van der Waals surface area contributed by atoms with Crippen LogP contribution in [0, 0.1) is 0 Å². The molecular formula is C9H17NO2. The summed E-state index contributed by atoms with van der Waals surface area (Å²) in [5.41, 5.74) is -0.227. The van der Waals surface area contributed by atoms with E-state index in [-0.39, 0.29) is 11.6 Å². The molecule has 0 aromatic heterocycles. The monoisotopic (exact) mass is 171 g/mol. The Bertz CT molecular complexity index is 168. The Morgan fingerprint density at radius 1 is 1.75 bits per heavy atom. The topological polar surface area (TPSA) is 38.3 Å². The molecule has 0 saturated carbocycles. The summed E-state index contributed by atoms with van der Waals surface area (Å²) in [6.07, 6.45) is 3.01. The molecule has 3 nitrogen and oxygen atoms in total. The molecule has 1 atom stereocenters. The van der Waals surface area contributed by atoms with Crippen molar-refractivity contribution in [2.75, 3.05) is 7.11 Å². The van der Waals surface area contributed by atoms with Gasteiger partial charge in [0.2, 0.25) is 0 Å². The largest absolute Gasteiger partial charge is 0.453 e. The molecular weight excluding hydrogens is 154 g/mol. The number of ether oxygens (including phenoxy) is 1. The first-order chi connectivity index (χ1) is 5.58. The molecule has 0 rings (SSSR count). The van der Waals surface area contributed by atoms with E-state index in [1.54, 1.807) is 6.08 Å². The molecule has 0 aromatic carbocycles. The van der Waals surface area contributed by atoms with E-state index in [1.807, 2.05) is 13.8 Å². The van der Waals surface area contributed by atoms with Gasteiger partial charge in [-0.1, -0.05) is 13.0 Å². The summed E-state index contributed by atoms with van der Waals surface area (Å²) >= 11 is 0. The molecule has 0 aliphatic heterocycles. The van der Waals surface area contributed by atoms with E-state index in [1.165, 1.54) is 7.11 Å². The first-order valence-corrected chi connectivity index (χ1v) is 4.05. The highest BCUT2D eigenvalue weighted by molar-refractivity contribution is 5.68. The average molecular weight is 171 g/mol. The van der Waals surface area contributed by atoms with Gasteiger partial charge in [0.05, 0.1) is 7.11 Å². The zero-order valence-electron chi connectivity index (χ0n) is 8.02.